The Balaban J connectivity index is 1.50. The summed E-state index contributed by atoms with van der Waals surface area (Å²) in [6, 6.07) is 4.28. The predicted octanol–water partition coefficient (Wildman–Crippen LogP) is 2.35. The molecule has 2 N–H and O–H groups in total. The molecule has 1 saturated carbocycles. The smallest absolute Gasteiger partial charge is 0.271 e. The van der Waals surface area contributed by atoms with Crippen LogP contribution in [0.15, 0.2) is 22.7 Å². The Bertz CT molecular complexity index is 682. The molecule has 2 aromatic heterocycles. The number of nitrogens with zero attached hydrogens (tertiary/aromatic N) is 1. The number of amides is 1. The molecule has 2 aromatic rings. The largest absolute Gasteiger partial charge is 0.460 e. The molecule has 2 fully saturated rings. The van der Waals surface area contributed by atoms with Crippen molar-refractivity contribution in [2.24, 2.45) is 5.92 Å². The summed E-state index contributed by atoms with van der Waals surface area (Å²) >= 11 is 0. The molecule has 2 bridgehead atoms. The molecule has 5 heteroatoms. The van der Waals surface area contributed by atoms with Crippen LogP contribution in [0, 0.1) is 12.8 Å². The van der Waals surface area contributed by atoms with E-state index in [1.54, 1.807) is 12.3 Å². The molecule has 1 unspecified atom stereocenters. The van der Waals surface area contributed by atoms with Gasteiger partial charge in [0.15, 0.2) is 5.58 Å². The molecule has 4 rings (SSSR count). The monoisotopic (exact) mass is 285 g/mol. The number of hydrogen-bond donors (Lipinski definition) is 2. The predicted molar refractivity (Wildman–Crippen MR) is 78.9 cm³/mol. The van der Waals surface area contributed by atoms with Gasteiger partial charge in [-0.1, -0.05) is 0 Å². The zero-order valence-corrected chi connectivity index (χ0v) is 12.1. The van der Waals surface area contributed by atoms with Crippen molar-refractivity contribution in [3.63, 3.8) is 0 Å². The average molecular weight is 285 g/mol. The van der Waals surface area contributed by atoms with Crippen molar-refractivity contribution in [3.8, 4) is 0 Å². The first kappa shape index (κ1) is 12.8. The number of piperidine rings is 1. The van der Waals surface area contributed by atoms with E-state index in [0.29, 0.717) is 11.7 Å². The van der Waals surface area contributed by atoms with Crippen LogP contribution >= 0.6 is 0 Å². The lowest BCUT2D eigenvalue weighted by molar-refractivity contribution is 0.0906. The summed E-state index contributed by atoms with van der Waals surface area (Å²) in [5.74, 6) is 1.47. The molecule has 2 aliphatic rings. The van der Waals surface area contributed by atoms with Gasteiger partial charge in [-0.05, 0) is 50.7 Å². The van der Waals surface area contributed by atoms with Gasteiger partial charge in [-0.15, -0.1) is 0 Å². The normalized spacial score (nSPS) is 28.0. The third-order valence-corrected chi connectivity index (χ3v) is 4.61. The summed E-state index contributed by atoms with van der Waals surface area (Å²) in [5, 5.41) is 7.49. The molecule has 0 radical (unpaired) electrons. The van der Waals surface area contributed by atoms with Crippen LogP contribution in [-0.2, 0) is 0 Å². The summed E-state index contributed by atoms with van der Waals surface area (Å²) in [6.45, 7) is 1.89. The highest BCUT2D eigenvalue weighted by Gasteiger charge is 2.34. The molecule has 1 amide bonds. The van der Waals surface area contributed by atoms with Crippen LogP contribution < -0.4 is 10.6 Å². The van der Waals surface area contributed by atoms with Gasteiger partial charge in [-0.3, -0.25) is 10.1 Å². The van der Waals surface area contributed by atoms with E-state index in [4.69, 9.17) is 4.42 Å². The zero-order chi connectivity index (χ0) is 14.4. The molecule has 1 aliphatic heterocycles. The van der Waals surface area contributed by atoms with Crippen molar-refractivity contribution in [2.75, 3.05) is 0 Å². The summed E-state index contributed by atoms with van der Waals surface area (Å²) in [4.78, 5) is 16.6. The number of hydrogen-bond acceptors (Lipinski definition) is 4. The van der Waals surface area contributed by atoms with Crippen LogP contribution in [-0.4, -0.2) is 23.1 Å². The van der Waals surface area contributed by atoms with Gasteiger partial charge in [0.05, 0.1) is 12.4 Å². The lowest BCUT2D eigenvalue weighted by Crippen LogP contribution is -2.51. The highest BCUT2D eigenvalue weighted by molar-refractivity contribution is 5.95. The molecule has 110 valence electrons. The van der Waals surface area contributed by atoms with Gasteiger partial charge in [0.1, 0.15) is 11.5 Å². The first-order valence-electron chi connectivity index (χ1n) is 7.60. The lowest BCUT2D eigenvalue weighted by atomic mass is 9.98. The molecule has 5 nitrogen and oxygen atoms in total. The molecule has 1 saturated heterocycles. The van der Waals surface area contributed by atoms with Gasteiger partial charge in [0.25, 0.3) is 5.91 Å². The Morgan fingerprint density at radius 3 is 3.14 bits per heavy atom. The summed E-state index contributed by atoms with van der Waals surface area (Å²) < 4.78 is 5.48. The summed E-state index contributed by atoms with van der Waals surface area (Å²) in [7, 11) is 0. The average Bonchev–Trinajstić information content (AvgIpc) is 2.99. The molecule has 1 aliphatic carbocycles. The minimum absolute atomic E-state index is 0.0762. The van der Waals surface area contributed by atoms with Gasteiger partial charge in [-0.25, -0.2) is 4.98 Å². The quantitative estimate of drug-likeness (QED) is 0.889. The number of nitrogens with one attached hydrogen (secondary N) is 2. The molecule has 21 heavy (non-hydrogen) atoms. The highest BCUT2D eigenvalue weighted by Crippen LogP contribution is 2.33. The Kier molecular flexibility index (Phi) is 2.96. The maximum Gasteiger partial charge on any atom is 0.271 e. The van der Waals surface area contributed by atoms with Gasteiger partial charge in [0, 0.05) is 11.4 Å². The first-order chi connectivity index (χ1) is 10.2. The molecule has 0 aromatic carbocycles. The Morgan fingerprint density at radius 2 is 2.29 bits per heavy atom. The Morgan fingerprint density at radius 1 is 1.38 bits per heavy atom. The fourth-order valence-corrected chi connectivity index (χ4v) is 3.66. The van der Waals surface area contributed by atoms with Crippen LogP contribution in [0.2, 0.25) is 0 Å². The van der Waals surface area contributed by atoms with Crippen LogP contribution in [0.5, 0.6) is 0 Å². The van der Waals surface area contributed by atoms with E-state index in [1.807, 2.05) is 13.0 Å². The summed E-state index contributed by atoms with van der Waals surface area (Å²) in [6.07, 6.45) is 6.49. The van der Waals surface area contributed by atoms with Crippen molar-refractivity contribution >= 4 is 16.9 Å². The van der Waals surface area contributed by atoms with Gasteiger partial charge < -0.3 is 9.73 Å². The van der Waals surface area contributed by atoms with Gasteiger partial charge in [-0.2, -0.15) is 0 Å². The lowest BCUT2D eigenvalue weighted by Gasteiger charge is -2.29. The number of pyridine rings is 1. The Labute approximate surface area is 123 Å². The number of furan rings is 1. The van der Waals surface area contributed by atoms with Crippen molar-refractivity contribution in [1.82, 2.24) is 15.6 Å². The number of fused-ring (bicyclic) bond motifs is 3. The molecular formula is C16H19N3O2. The number of carbonyl (C=O) groups is 1. The van der Waals surface area contributed by atoms with E-state index in [2.05, 4.69) is 15.6 Å². The Hall–Kier alpha value is -1.88. The van der Waals surface area contributed by atoms with Crippen molar-refractivity contribution in [1.29, 1.82) is 0 Å². The second kappa shape index (κ2) is 4.84. The van der Waals surface area contributed by atoms with E-state index < -0.39 is 0 Å². The summed E-state index contributed by atoms with van der Waals surface area (Å²) in [5.41, 5.74) is 1.17. The third-order valence-electron chi connectivity index (χ3n) is 4.61. The number of aryl methyl sites for hydroxylation is 1. The topological polar surface area (TPSA) is 67.2 Å². The fraction of sp³-hybridized carbons (Fsp3) is 0.500. The molecular weight excluding hydrogens is 266 g/mol. The van der Waals surface area contributed by atoms with Crippen molar-refractivity contribution in [3.05, 3.63) is 29.8 Å². The SMILES string of the molecule is Cc1cc2cc(C(=O)N[C@@H]3C[C@H]4CCC(C4)N3)ncc2o1. The van der Waals surface area contributed by atoms with E-state index in [1.165, 1.54) is 19.3 Å². The van der Waals surface area contributed by atoms with Gasteiger partial charge in [0.2, 0.25) is 0 Å². The molecule has 0 spiro atoms. The van der Waals surface area contributed by atoms with Gasteiger partial charge >= 0.3 is 0 Å². The maximum atomic E-state index is 12.4. The highest BCUT2D eigenvalue weighted by atomic mass is 16.3. The van der Waals surface area contributed by atoms with E-state index in [0.717, 1.165) is 29.1 Å². The van der Waals surface area contributed by atoms with Crippen LogP contribution in [0.25, 0.3) is 11.0 Å². The number of aromatic nitrogens is 1. The van der Waals surface area contributed by atoms with E-state index in [-0.39, 0.29) is 12.1 Å². The minimum atomic E-state index is -0.116. The maximum absolute atomic E-state index is 12.4. The van der Waals surface area contributed by atoms with Crippen molar-refractivity contribution in [2.45, 2.75) is 44.8 Å². The second-order valence-electron chi connectivity index (χ2n) is 6.27. The van der Waals surface area contributed by atoms with Crippen LogP contribution in [0.1, 0.15) is 41.9 Å². The molecule has 3 heterocycles. The third kappa shape index (κ3) is 2.42. The number of carbonyl (C=O) groups excluding carboxylic acids is 1. The first-order valence-corrected chi connectivity index (χ1v) is 7.60. The minimum Gasteiger partial charge on any atom is -0.460 e. The zero-order valence-electron chi connectivity index (χ0n) is 12.1. The van der Waals surface area contributed by atoms with Crippen molar-refractivity contribution < 1.29 is 9.21 Å². The second-order valence-corrected chi connectivity index (χ2v) is 6.27. The standard InChI is InChI=1S/C16H19N3O2/c1-9-4-11-7-13(17-8-14(11)21-9)16(20)19-15-6-10-2-3-12(5-10)18-15/h4,7-8,10,12,15,18H,2-3,5-6H2,1H3,(H,19,20)/t10-,12?,15+/m0/s1. The number of rotatable bonds is 2. The van der Waals surface area contributed by atoms with Crippen LogP contribution in [0.3, 0.4) is 0 Å². The van der Waals surface area contributed by atoms with E-state index >= 15 is 0 Å². The van der Waals surface area contributed by atoms with Crippen LogP contribution in [0.4, 0.5) is 0 Å². The van der Waals surface area contributed by atoms with E-state index in [9.17, 15) is 4.79 Å². The molecule has 3 atom stereocenters. The fourth-order valence-electron chi connectivity index (χ4n) is 3.66.